The molecule has 8 nitrogen and oxygen atoms in total. The van der Waals surface area contributed by atoms with Crippen molar-refractivity contribution in [2.24, 2.45) is 7.05 Å². The number of carbonyl (C=O) groups is 1. The second-order valence-corrected chi connectivity index (χ2v) is 9.99. The third-order valence-electron chi connectivity index (χ3n) is 4.85. The van der Waals surface area contributed by atoms with E-state index in [1.165, 1.54) is 54.5 Å². The number of fused-ring (bicyclic) bond motifs is 1. The van der Waals surface area contributed by atoms with Gasteiger partial charge < -0.3 is 9.47 Å². The van der Waals surface area contributed by atoms with Gasteiger partial charge in [0.25, 0.3) is 0 Å². The van der Waals surface area contributed by atoms with Gasteiger partial charge in [0.1, 0.15) is 11.4 Å². The number of aryl methyl sites for hydroxylation is 1. The lowest BCUT2D eigenvalue weighted by Gasteiger charge is -2.18. The Kier molecular flexibility index (Phi) is 6.52. The van der Waals surface area contributed by atoms with Gasteiger partial charge in [-0.25, -0.2) is 23.4 Å². The van der Waals surface area contributed by atoms with Crippen LogP contribution in [0.15, 0.2) is 29.4 Å². The van der Waals surface area contributed by atoms with Gasteiger partial charge in [0.15, 0.2) is 15.7 Å². The Morgan fingerprint density at radius 2 is 1.91 bits per heavy atom. The van der Waals surface area contributed by atoms with Crippen LogP contribution in [0.3, 0.4) is 0 Å². The SMILES string of the molecule is CCS(=O)(=O)c1cc(N(C)C(=O)CSC)cnc1-c1nc2cc(C(F)(F)F)ncc2n1C. The molecule has 0 radical (unpaired) electrons. The van der Waals surface area contributed by atoms with Crippen molar-refractivity contribution < 1.29 is 26.4 Å². The first kappa shape index (κ1) is 24.0. The van der Waals surface area contributed by atoms with Gasteiger partial charge in [-0.3, -0.25) is 4.79 Å². The maximum atomic E-state index is 13.0. The molecule has 0 aliphatic carbocycles. The van der Waals surface area contributed by atoms with Crippen LogP contribution in [-0.2, 0) is 27.9 Å². The maximum Gasteiger partial charge on any atom is 0.433 e. The van der Waals surface area contributed by atoms with Gasteiger partial charge in [0.2, 0.25) is 5.91 Å². The number of nitrogens with zero attached hydrogens (tertiary/aromatic N) is 5. The summed E-state index contributed by atoms with van der Waals surface area (Å²) in [6.07, 6.45) is -0.506. The number of thioether (sulfide) groups is 1. The molecule has 3 aromatic heterocycles. The maximum absolute atomic E-state index is 13.0. The molecule has 0 saturated heterocycles. The zero-order valence-electron chi connectivity index (χ0n) is 17.6. The molecule has 0 aliphatic heterocycles. The van der Waals surface area contributed by atoms with E-state index >= 15 is 0 Å². The topological polar surface area (TPSA) is 98.1 Å². The van der Waals surface area contributed by atoms with E-state index in [1.807, 2.05) is 0 Å². The molecule has 172 valence electrons. The van der Waals surface area contributed by atoms with Crippen molar-refractivity contribution in [1.29, 1.82) is 0 Å². The van der Waals surface area contributed by atoms with E-state index in [0.717, 1.165) is 12.3 Å². The zero-order valence-corrected chi connectivity index (χ0v) is 19.3. The highest BCUT2D eigenvalue weighted by Gasteiger charge is 2.33. The molecule has 0 aliphatic rings. The number of hydrogen-bond donors (Lipinski definition) is 0. The number of aromatic nitrogens is 4. The quantitative estimate of drug-likeness (QED) is 0.527. The molecule has 3 rings (SSSR count). The number of pyridine rings is 2. The molecular formula is C19H20F3N5O3S2. The van der Waals surface area contributed by atoms with Crippen molar-refractivity contribution in [3.63, 3.8) is 0 Å². The molecular weight excluding hydrogens is 467 g/mol. The lowest BCUT2D eigenvalue weighted by atomic mass is 10.3. The summed E-state index contributed by atoms with van der Waals surface area (Å²) >= 11 is 1.32. The monoisotopic (exact) mass is 487 g/mol. The molecule has 0 fully saturated rings. The van der Waals surface area contributed by atoms with E-state index < -0.39 is 21.7 Å². The molecule has 0 spiro atoms. The minimum absolute atomic E-state index is 0.00261. The van der Waals surface area contributed by atoms with Crippen LogP contribution < -0.4 is 4.90 Å². The van der Waals surface area contributed by atoms with E-state index in [2.05, 4.69) is 15.0 Å². The summed E-state index contributed by atoms with van der Waals surface area (Å²) in [6.45, 7) is 1.46. The van der Waals surface area contributed by atoms with Crippen molar-refractivity contribution in [1.82, 2.24) is 19.5 Å². The third-order valence-corrected chi connectivity index (χ3v) is 7.13. The van der Waals surface area contributed by atoms with Gasteiger partial charge in [0, 0.05) is 14.1 Å². The summed E-state index contributed by atoms with van der Waals surface area (Å²) in [5.41, 5.74) is -0.560. The molecule has 1 amide bonds. The summed E-state index contributed by atoms with van der Waals surface area (Å²) in [5.74, 6) is -0.205. The fraction of sp³-hybridized carbons (Fsp3) is 0.368. The Bertz CT molecular complexity index is 1290. The molecule has 0 atom stereocenters. The predicted molar refractivity (Wildman–Crippen MR) is 116 cm³/mol. The van der Waals surface area contributed by atoms with E-state index in [0.29, 0.717) is 0 Å². The zero-order chi connectivity index (χ0) is 23.8. The second-order valence-electron chi connectivity index (χ2n) is 6.88. The number of halogens is 3. The Morgan fingerprint density at radius 3 is 2.50 bits per heavy atom. The number of amides is 1. The van der Waals surface area contributed by atoms with E-state index in [9.17, 15) is 26.4 Å². The molecule has 0 aromatic carbocycles. The number of alkyl halides is 3. The summed E-state index contributed by atoms with van der Waals surface area (Å²) in [4.78, 5) is 25.3. The number of rotatable bonds is 6. The average molecular weight is 488 g/mol. The summed E-state index contributed by atoms with van der Waals surface area (Å²) in [6, 6.07) is 2.13. The number of sulfone groups is 1. The van der Waals surface area contributed by atoms with Crippen LogP contribution in [0.5, 0.6) is 0 Å². The lowest BCUT2D eigenvalue weighted by molar-refractivity contribution is -0.141. The highest BCUT2D eigenvalue weighted by molar-refractivity contribution is 7.99. The van der Waals surface area contributed by atoms with Crippen LogP contribution in [0.2, 0.25) is 0 Å². The predicted octanol–water partition coefficient (Wildman–Crippen LogP) is 3.17. The van der Waals surface area contributed by atoms with Crippen molar-refractivity contribution in [2.45, 2.75) is 18.0 Å². The first-order chi connectivity index (χ1) is 14.9. The Morgan fingerprint density at radius 1 is 1.22 bits per heavy atom. The van der Waals surface area contributed by atoms with E-state index in [-0.39, 0.29) is 50.5 Å². The normalized spacial score (nSPS) is 12.3. The van der Waals surface area contributed by atoms with Crippen LogP contribution in [0, 0.1) is 0 Å². The minimum Gasteiger partial charge on any atom is -0.324 e. The van der Waals surface area contributed by atoms with Crippen LogP contribution in [-0.4, -0.2) is 58.7 Å². The summed E-state index contributed by atoms with van der Waals surface area (Å²) in [7, 11) is -0.767. The number of hydrogen-bond acceptors (Lipinski definition) is 7. The first-order valence-electron chi connectivity index (χ1n) is 9.29. The van der Waals surface area contributed by atoms with Gasteiger partial charge in [0.05, 0.1) is 45.5 Å². The smallest absolute Gasteiger partial charge is 0.324 e. The highest BCUT2D eigenvalue weighted by atomic mass is 32.2. The number of anilines is 1. The molecule has 0 N–H and O–H groups in total. The van der Waals surface area contributed by atoms with Crippen LogP contribution in [0.4, 0.5) is 18.9 Å². The largest absolute Gasteiger partial charge is 0.433 e. The number of imidazole rings is 1. The summed E-state index contributed by atoms with van der Waals surface area (Å²) in [5, 5.41) is 0. The van der Waals surface area contributed by atoms with E-state index in [1.54, 1.807) is 6.26 Å². The molecule has 3 heterocycles. The Labute approximate surface area is 186 Å². The fourth-order valence-electron chi connectivity index (χ4n) is 3.00. The van der Waals surface area contributed by atoms with Crippen molar-refractivity contribution in [3.05, 3.63) is 30.2 Å². The fourth-order valence-corrected chi connectivity index (χ4v) is 4.49. The molecule has 3 aromatic rings. The van der Waals surface area contributed by atoms with Gasteiger partial charge in [-0.2, -0.15) is 24.9 Å². The van der Waals surface area contributed by atoms with Crippen molar-refractivity contribution in [3.8, 4) is 11.5 Å². The van der Waals surface area contributed by atoms with Crippen LogP contribution >= 0.6 is 11.8 Å². The Hall–Kier alpha value is -2.67. The second kappa shape index (κ2) is 8.70. The third kappa shape index (κ3) is 4.44. The van der Waals surface area contributed by atoms with Gasteiger partial charge in [-0.1, -0.05) is 6.92 Å². The molecule has 13 heteroatoms. The van der Waals surface area contributed by atoms with Crippen molar-refractivity contribution >= 4 is 44.2 Å². The molecule has 0 bridgehead atoms. The molecule has 0 unspecified atom stereocenters. The van der Waals surface area contributed by atoms with E-state index in [4.69, 9.17) is 0 Å². The van der Waals surface area contributed by atoms with Gasteiger partial charge >= 0.3 is 6.18 Å². The lowest BCUT2D eigenvalue weighted by Crippen LogP contribution is -2.28. The first-order valence-corrected chi connectivity index (χ1v) is 12.3. The van der Waals surface area contributed by atoms with Crippen LogP contribution in [0.1, 0.15) is 12.6 Å². The molecule has 32 heavy (non-hydrogen) atoms. The van der Waals surface area contributed by atoms with Crippen LogP contribution in [0.25, 0.3) is 22.6 Å². The van der Waals surface area contributed by atoms with Crippen molar-refractivity contribution in [2.75, 3.05) is 29.7 Å². The summed E-state index contributed by atoms with van der Waals surface area (Å²) < 4.78 is 66.2. The highest BCUT2D eigenvalue weighted by Crippen LogP contribution is 2.33. The number of carbonyl (C=O) groups excluding carboxylic acids is 1. The molecule has 0 saturated carbocycles. The minimum atomic E-state index is -4.64. The standard InChI is InChI=1S/C19H20F3N5O3S2/c1-5-32(29,30)14-6-11(26(2)16(28)10-31-4)8-24-17(14)18-25-12-7-15(19(20,21)22)23-9-13(12)27(18)3/h6-9H,5,10H2,1-4H3. The van der Waals surface area contributed by atoms with Gasteiger partial charge in [-0.05, 0) is 18.4 Å². The van der Waals surface area contributed by atoms with Gasteiger partial charge in [-0.15, -0.1) is 0 Å². The Balaban J connectivity index is 2.22. The average Bonchev–Trinajstić information content (AvgIpc) is 3.08.